The molecule has 0 rings (SSSR count). The van der Waals surface area contributed by atoms with Crippen molar-refractivity contribution in [2.75, 3.05) is 6.26 Å². The molecule has 0 spiro atoms. The predicted molar refractivity (Wildman–Crippen MR) is 56.4 cm³/mol. The van der Waals surface area contributed by atoms with E-state index in [4.69, 9.17) is 5.73 Å². The summed E-state index contributed by atoms with van der Waals surface area (Å²) in [4.78, 5) is 0. The van der Waals surface area contributed by atoms with Crippen LogP contribution in [0.3, 0.4) is 0 Å². The molecule has 0 aromatic heterocycles. The van der Waals surface area contributed by atoms with E-state index in [1.807, 2.05) is 27.7 Å². The van der Waals surface area contributed by atoms with Gasteiger partial charge in [-0.15, -0.1) is 0 Å². The Morgan fingerprint density at radius 2 is 1.69 bits per heavy atom. The predicted octanol–water partition coefficient (Wildman–Crippen LogP) is 1.18. The van der Waals surface area contributed by atoms with Crippen LogP contribution in [0.1, 0.15) is 34.1 Å². The maximum absolute atomic E-state index is 11.4. The fraction of sp³-hybridized carbons (Fsp3) is 1.00. The lowest BCUT2D eigenvalue weighted by atomic mass is 9.84. The summed E-state index contributed by atoms with van der Waals surface area (Å²) in [7, 11) is -3.02. The minimum Gasteiger partial charge on any atom is -0.326 e. The van der Waals surface area contributed by atoms with E-state index < -0.39 is 15.1 Å². The van der Waals surface area contributed by atoms with Crippen LogP contribution < -0.4 is 5.73 Å². The van der Waals surface area contributed by atoms with Gasteiger partial charge < -0.3 is 5.73 Å². The third-order valence-electron chi connectivity index (χ3n) is 2.35. The van der Waals surface area contributed by atoms with Crippen molar-refractivity contribution in [1.82, 2.24) is 0 Å². The van der Waals surface area contributed by atoms with Crippen LogP contribution in [0, 0.1) is 5.41 Å². The third-order valence-corrected chi connectivity index (χ3v) is 4.08. The highest BCUT2D eigenvalue weighted by molar-refractivity contribution is 7.91. The number of rotatable bonds is 3. The third kappa shape index (κ3) is 3.65. The molecule has 3 nitrogen and oxygen atoms in total. The lowest BCUT2D eigenvalue weighted by Gasteiger charge is -2.32. The van der Waals surface area contributed by atoms with Crippen molar-refractivity contribution in [2.24, 2.45) is 11.1 Å². The van der Waals surface area contributed by atoms with E-state index in [9.17, 15) is 8.42 Å². The van der Waals surface area contributed by atoms with Crippen molar-refractivity contribution < 1.29 is 8.42 Å². The van der Waals surface area contributed by atoms with Crippen LogP contribution in [0.4, 0.5) is 0 Å². The van der Waals surface area contributed by atoms with E-state index >= 15 is 0 Å². The fourth-order valence-electron chi connectivity index (χ4n) is 1.38. The minimum absolute atomic E-state index is 0.163. The smallest absolute Gasteiger partial charge is 0.151 e. The molecule has 0 heterocycles. The SMILES string of the molecule is CCC(C(N)C(C)(C)C)S(C)(=O)=O. The zero-order valence-electron chi connectivity index (χ0n) is 9.16. The van der Waals surface area contributed by atoms with Crippen molar-refractivity contribution in [3.8, 4) is 0 Å². The Hall–Kier alpha value is -0.0900. The molecule has 0 aromatic rings. The van der Waals surface area contributed by atoms with Gasteiger partial charge in [-0.3, -0.25) is 0 Å². The highest BCUT2D eigenvalue weighted by Crippen LogP contribution is 2.24. The first kappa shape index (κ1) is 12.9. The van der Waals surface area contributed by atoms with Crippen LogP contribution in [0.15, 0.2) is 0 Å². The van der Waals surface area contributed by atoms with E-state index in [0.29, 0.717) is 6.42 Å². The number of sulfone groups is 1. The molecule has 0 aliphatic rings. The zero-order chi connectivity index (χ0) is 10.9. The Labute approximate surface area is 81.6 Å². The van der Waals surface area contributed by atoms with Crippen molar-refractivity contribution in [2.45, 2.75) is 45.4 Å². The molecule has 0 aliphatic carbocycles. The van der Waals surface area contributed by atoms with Crippen molar-refractivity contribution in [1.29, 1.82) is 0 Å². The Morgan fingerprint density at radius 1 is 1.31 bits per heavy atom. The first-order chi connectivity index (χ1) is 5.60. The second kappa shape index (κ2) is 3.96. The molecular weight excluding hydrogens is 186 g/mol. The molecule has 0 aliphatic heterocycles. The van der Waals surface area contributed by atoms with Gasteiger partial charge in [0.1, 0.15) is 0 Å². The summed E-state index contributed by atoms with van der Waals surface area (Å²) in [5.74, 6) is 0. The van der Waals surface area contributed by atoms with E-state index in [2.05, 4.69) is 0 Å². The van der Waals surface area contributed by atoms with E-state index in [0.717, 1.165) is 0 Å². The molecule has 13 heavy (non-hydrogen) atoms. The van der Waals surface area contributed by atoms with Crippen molar-refractivity contribution in [3.05, 3.63) is 0 Å². The number of hydrogen-bond donors (Lipinski definition) is 1. The van der Waals surface area contributed by atoms with Crippen LogP contribution in [0.25, 0.3) is 0 Å². The molecule has 0 radical (unpaired) electrons. The summed E-state index contributed by atoms with van der Waals surface area (Å²) in [5, 5.41) is -0.424. The summed E-state index contributed by atoms with van der Waals surface area (Å²) < 4.78 is 22.7. The zero-order valence-corrected chi connectivity index (χ0v) is 9.98. The molecule has 0 saturated carbocycles. The molecule has 4 heteroatoms. The van der Waals surface area contributed by atoms with Gasteiger partial charge in [-0.2, -0.15) is 0 Å². The topological polar surface area (TPSA) is 60.2 Å². The van der Waals surface area contributed by atoms with Gasteiger partial charge in [0.2, 0.25) is 0 Å². The van der Waals surface area contributed by atoms with Crippen molar-refractivity contribution in [3.63, 3.8) is 0 Å². The van der Waals surface area contributed by atoms with Gasteiger partial charge in [0.05, 0.1) is 5.25 Å². The summed E-state index contributed by atoms with van der Waals surface area (Å²) in [6.07, 6.45) is 1.84. The quantitative estimate of drug-likeness (QED) is 0.756. The molecule has 0 amide bonds. The Balaban J connectivity index is 4.82. The molecule has 2 N–H and O–H groups in total. The van der Waals surface area contributed by atoms with Crippen molar-refractivity contribution >= 4 is 9.84 Å². The first-order valence-electron chi connectivity index (χ1n) is 4.55. The van der Waals surface area contributed by atoms with Gasteiger partial charge in [0.25, 0.3) is 0 Å². The van der Waals surface area contributed by atoms with Crippen LogP contribution in [0.2, 0.25) is 0 Å². The average molecular weight is 207 g/mol. The van der Waals surface area contributed by atoms with Gasteiger partial charge in [-0.1, -0.05) is 27.7 Å². The van der Waals surface area contributed by atoms with Crippen LogP contribution in [-0.4, -0.2) is 26.0 Å². The fourth-order valence-corrected chi connectivity index (χ4v) is 2.93. The average Bonchev–Trinajstić information content (AvgIpc) is 1.83. The van der Waals surface area contributed by atoms with Gasteiger partial charge in [0.15, 0.2) is 9.84 Å². The molecular formula is C9H21NO2S. The molecule has 0 aromatic carbocycles. The summed E-state index contributed by atoms with van der Waals surface area (Å²) >= 11 is 0. The lowest BCUT2D eigenvalue weighted by Crippen LogP contribution is -2.48. The lowest BCUT2D eigenvalue weighted by molar-refractivity contribution is 0.304. The molecule has 80 valence electrons. The van der Waals surface area contributed by atoms with Crippen LogP contribution >= 0.6 is 0 Å². The van der Waals surface area contributed by atoms with Crippen LogP contribution in [-0.2, 0) is 9.84 Å². The standard InChI is InChI=1S/C9H21NO2S/c1-6-7(13(5,11)12)8(10)9(2,3)4/h7-8H,6,10H2,1-5H3. The molecule has 2 atom stereocenters. The maximum atomic E-state index is 11.4. The second-order valence-corrected chi connectivity index (χ2v) is 6.93. The van der Waals surface area contributed by atoms with Gasteiger partial charge in [-0.05, 0) is 11.8 Å². The molecule has 0 fully saturated rings. The van der Waals surface area contributed by atoms with Gasteiger partial charge in [-0.25, -0.2) is 8.42 Å². The van der Waals surface area contributed by atoms with Gasteiger partial charge >= 0.3 is 0 Å². The largest absolute Gasteiger partial charge is 0.326 e. The number of nitrogens with two attached hydrogens (primary N) is 1. The van der Waals surface area contributed by atoms with E-state index in [-0.39, 0.29) is 11.5 Å². The van der Waals surface area contributed by atoms with E-state index in [1.165, 1.54) is 6.26 Å². The van der Waals surface area contributed by atoms with Gasteiger partial charge in [0, 0.05) is 12.3 Å². The highest BCUT2D eigenvalue weighted by atomic mass is 32.2. The highest BCUT2D eigenvalue weighted by Gasteiger charge is 2.33. The Morgan fingerprint density at radius 3 is 1.77 bits per heavy atom. The first-order valence-corrected chi connectivity index (χ1v) is 6.50. The monoisotopic (exact) mass is 207 g/mol. The summed E-state index contributed by atoms with van der Waals surface area (Å²) in [6, 6.07) is -0.299. The summed E-state index contributed by atoms with van der Waals surface area (Å²) in [6.45, 7) is 7.75. The molecule has 2 unspecified atom stereocenters. The Kier molecular flexibility index (Phi) is 3.94. The maximum Gasteiger partial charge on any atom is 0.151 e. The van der Waals surface area contributed by atoms with E-state index in [1.54, 1.807) is 0 Å². The molecule has 0 bridgehead atoms. The van der Waals surface area contributed by atoms with Crippen LogP contribution in [0.5, 0.6) is 0 Å². The minimum atomic E-state index is -3.02. The normalized spacial score (nSPS) is 18.3. The summed E-state index contributed by atoms with van der Waals surface area (Å²) in [5.41, 5.74) is 5.75. The second-order valence-electron chi connectivity index (χ2n) is 4.67. The molecule has 0 saturated heterocycles. The Bertz CT molecular complexity index is 251. The number of hydrogen-bond acceptors (Lipinski definition) is 3.